The fraction of sp³-hybridized carbons (Fsp3) is 1.00. The molecule has 2 aliphatic rings. The summed E-state index contributed by atoms with van der Waals surface area (Å²) in [6.07, 6.45) is 5.66. The van der Waals surface area contributed by atoms with Crippen molar-refractivity contribution in [2.45, 2.75) is 38.6 Å². The monoisotopic (exact) mass is 196 g/mol. The second-order valence-electron chi connectivity index (χ2n) is 5.28. The van der Waals surface area contributed by atoms with Crippen LogP contribution in [-0.4, -0.2) is 49.1 Å². The highest BCUT2D eigenvalue weighted by atomic mass is 15.2. The Labute approximate surface area is 88.3 Å². The molecule has 0 bridgehead atoms. The van der Waals surface area contributed by atoms with Crippen LogP contribution in [0, 0.1) is 5.92 Å². The summed E-state index contributed by atoms with van der Waals surface area (Å²) in [7, 11) is 2.25. The van der Waals surface area contributed by atoms with E-state index in [1.54, 1.807) is 0 Å². The van der Waals surface area contributed by atoms with Gasteiger partial charge in [-0.25, -0.2) is 0 Å². The van der Waals surface area contributed by atoms with Crippen molar-refractivity contribution in [2.24, 2.45) is 5.92 Å². The number of hydrogen-bond donors (Lipinski definition) is 0. The van der Waals surface area contributed by atoms with Crippen molar-refractivity contribution in [2.75, 3.05) is 33.2 Å². The summed E-state index contributed by atoms with van der Waals surface area (Å²) in [5.74, 6) is 0.934. The first-order valence-corrected chi connectivity index (χ1v) is 6.18. The van der Waals surface area contributed by atoms with E-state index in [4.69, 9.17) is 0 Å². The van der Waals surface area contributed by atoms with Crippen LogP contribution >= 0.6 is 0 Å². The maximum Gasteiger partial charge on any atom is 0.0120 e. The summed E-state index contributed by atoms with van der Waals surface area (Å²) in [4.78, 5) is 5.21. The molecule has 14 heavy (non-hydrogen) atoms. The van der Waals surface area contributed by atoms with Crippen molar-refractivity contribution < 1.29 is 0 Å². The zero-order chi connectivity index (χ0) is 9.97. The fourth-order valence-corrected chi connectivity index (χ4v) is 2.92. The largest absolute Gasteiger partial charge is 0.306 e. The highest BCUT2D eigenvalue weighted by Crippen LogP contribution is 2.22. The first-order chi connectivity index (χ1) is 6.75. The SMILES string of the molecule is C[C@@H]1CCCN(C2CCN(C)CC2)C1. The Morgan fingerprint density at radius 3 is 2.36 bits per heavy atom. The average Bonchev–Trinajstić information content (AvgIpc) is 2.19. The van der Waals surface area contributed by atoms with Crippen LogP contribution in [0.1, 0.15) is 32.6 Å². The Morgan fingerprint density at radius 2 is 1.71 bits per heavy atom. The van der Waals surface area contributed by atoms with Crippen molar-refractivity contribution in [1.82, 2.24) is 9.80 Å². The predicted octanol–water partition coefficient (Wildman–Crippen LogP) is 1.81. The van der Waals surface area contributed by atoms with Crippen molar-refractivity contribution in [1.29, 1.82) is 0 Å². The summed E-state index contributed by atoms with van der Waals surface area (Å²) in [6, 6.07) is 0.897. The molecule has 2 fully saturated rings. The Balaban J connectivity index is 1.82. The van der Waals surface area contributed by atoms with E-state index in [0.29, 0.717) is 0 Å². The molecule has 2 saturated heterocycles. The molecule has 2 aliphatic heterocycles. The maximum absolute atomic E-state index is 2.75. The summed E-state index contributed by atoms with van der Waals surface area (Å²) < 4.78 is 0. The van der Waals surface area contributed by atoms with Gasteiger partial charge >= 0.3 is 0 Å². The third kappa shape index (κ3) is 2.48. The van der Waals surface area contributed by atoms with Crippen LogP contribution in [0.4, 0.5) is 0 Å². The quantitative estimate of drug-likeness (QED) is 0.631. The van der Waals surface area contributed by atoms with Crippen LogP contribution in [-0.2, 0) is 0 Å². The molecular weight excluding hydrogens is 172 g/mol. The molecule has 2 heteroatoms. The van der Waals surface area contributed by atoms with Crippen LogP contribution in [0.5, 0.6) is 0 Å². The number of nitrogens with zero attached hydrogens (tertiary/aromatic N) is 2. The third-order valence-electron chi connectivity index (χ3n) is 3.89. The Kier molecular flexibility index (Phi) is 3.45. The van der Waals surface area contributed by atoms with E-state index < -0.39 is 0 Å². The topological polar surface area (TPSA) is 6.48 Å². The molecule has 2 heterocycles. The number of likely N-dealkylation sites (tertiary alicyclic amines) is 2. The lowest BCUT2D eigenvalue weighted by Gasteiger charge is -2.41. The lowest BCUT2D eigenvalue weighted by Crippen LogP contribution is -2.47. The molecule has 0 aliphatic carbocycles. The summed E-state index contributed by atoms with van der Waals surface area (Å²) in [5, 5.41) is 0. The summed E-state index contributed by atoms with van der Waals surface area (Å²) >= 11 is 0. The van der Waals surface area contributed by atoms with E-state index in [-0.39, 0.29) is 0 Å². The van der Waals surface area contributed by atoms with E-state index >= 15 is 0 Å². The first-order valence-electron chi connectivity index (χ1n) is 6.18. The molecular formula is C12H24N2. The lowest BCUT2D eigenvalue weighted by atomic mass is 9.95. The molecule has 2 nitrogen and oxygen atoms in total. The minimum Gasteiger partial charge on any atom is -0.306 e. The Hall–Kier alpha value is -0.0800. The molecule has 0 aromatic rings. The highest BCUT2D eigenvalue weighted by Gasteiger charge is 2.26. The molecule has 0 unspecified atom stereocenters. The lowest BCUT2D eigenvalue weighted by molar-refractivity contribution is 0.0830. The first kappa shape index (κ1) is 10.4. The molecule has 1 atom stereocenters. The van der Waals surface area contributed by atoms with Gasteiger partial charge in [0.1, 0.15) is 0 Å². The zero-order valence-electron chi connectivity index (χ0n) is 9.71. The minimum absolute atomic E-state index is 0.897. The molecule has 0 spiro atoms. The van der Waals surface area contributed by atoms with Gasteiger partial charge in [0.25, 0.3) is 0 Å². The van der Waals surface area contributed by atoms with E-state index in [2.05, 4.69) is 23.8 Å². The van der Waals surface area contributed by atoms with E-state index in [9.17, 15) is 0 Å². The minimum atomic E-state index is 0.897. The van der Waals surface area contributed by atoms with Crippen molar-refractivity contribution in [3.63, 3.8) is 0 Å². The summed E-state index contributed by atoms with van der Waals surface area (Å²) in [6.45, 7) is 7.72. The third-order valence-corrected chi connectivity index (χ3v) is 3.89. The molecule has 0 aromatic heterocycles. The average molecular weight is 196 g/mol. The maximum atomic E-state index is 2.75. The van der Waals surface area contributed by atoms with Crippen molar-refractivity contribution in [3.8, 4) is 0 Å². The normalized spacial score (nSPS) is 33.4. The van der Waals surface area contributed by atoms with Crippen LogP contribution in [0.3, 0.4) is 0 Å². The molecule has 0 aromatic carbocycles. The van der Waals surface area contributed by atoms with Gasteiger partial charge in [-0.1, -0.05) is 6.92 Å². The van der Waals surface area contributed by atoms with E-state index in [0.717, 1.165) is 12.0 Å². The molecule has 0 radical (unpaired) electrons. The molecule has 0 saturated carbocycles. The van der Waals surface area contributed by atoms with Crippen LogP contribution in [0.25, 0.3) is 0 Å². The van der Waals surface area contributed by atoms with Gasteiger partial charge in [0.05, 0.1) is 0 Å². The number of hydrogen-bond acceptors (Lipinski definition) is 2. The van der Waals surface area contributed by atoms with Crippen LogP contribution in [0.15, 0.2) is 0 Å². The molecule has 2 rings (SSSR count). The van der Waals surface area contributed by atoms with Gasteiger partial charge in [-0.3, -0.25) is 0 Å². The summed E-state index contributed by atoms with van der Waals surface area (Å²) in [5.41, 5.74) is 0. The smallest absolute Gasteiger partial charge is 0.0120 e. The van der Waals surface area contributed by atoms with E-state index in [1.807, 2.05) is 0 Å². The standard InChI is InChI=1S/C12H24N2/c1-11-4-3-7-14(10-11)12-5-8-13(2)9-6-12/h11-12H,3-10H2,1-2H3/t11-/m1/s1. The number of piperidine rings is 2. The van der Waals surface area contributed by atoms with Gasteiger partial charge in [-0.05, 0) is 58.3 Å². The van der Waals surface area contributed by atoms with Gasteiger partial charge in [0, 0.05) is 12.6 Å². The molecule has 0 amide bonds. The van der Waals surface area contributed by atoms with Gasteiger partial charge in [0.15, 0.2) is 0 Å². The van der Waals surface area contributed by atoms with Gasteiger partial charge in [-0.2, -0.15) is 0 Å². The highest BCUT2D eigenvalue weighted by molar-refractivity contribution is 4.81. The Bertz CT molecular complexity index is 173. The van der Waals surface area contributed by atoms with Crippen LogP contribution in [0.2, 0.25) is 0 Å². The van der Waals surface area contributed by atoms with Crippen molar-refractivity contribution >= 4 is 0 Å². The van der Waals surface area contributed by atoms with Gasteiger partial charge < -0.3 is 9.80 Å². The Morgan fingerprint density at radius 1 is 1.00 bits per heavy atom. The second kappa shape index (κ2) is 4.63. The van der Waals surface area contributed by atoms with Gasteiger partial charge in [-0.15, -0.1) is 0 Å². The van der Waals surface area contributed by atoms with Gasteiger partial charge in [0.2, 0.25) is 0 Å². The molecule has 0 N–H and O–H groups in total. The second-order valence-corrected chi connectivity index (χ2v) is 5.28. The fourth-order valence-electron chi connectivity index (χ4n) is 2.92. The van der Waals surface area contributed by atoms with E-state index in [1.165, 1.54) is 51.9 Å². The zero-order valence-corrected chi connectivity index (χ0v) is 9.71. The predicted molar refractivity (Wildman–Crippen MR) is 60.5 cm³/mol. The van der Waals surface area contributed by atoms with Crippen molar-refractivity contribution in [3.05, 3.63) is 0 Å². The van der Waals surface area contributed by atoms with Crippen LogP contribution < -0.4 is 0 Å². The molecule has 82 valence electrons. The number of rotatable bonds is 1.